The van der Waals surface area contributed by atoms with Gasteiger partial charge < -0.3 is 15.1 Å². The SMILES string of the molecule is C/C(=C\O)c1nn(Cc2ccc(N3CC4CC4C3)nc2C)cc1C(=O)O.Cl. The van der Waals surface area contributed by atoms with E-state index in [1.165, 1.54) is 12.6 Å². The van der Waals surface area contributed by atoms with Crippen LogP contribution in [0, 0.1) is 18.8 Å². The highest BCUT2D eigenvalue weighted by Crippen LogP contribution is 2.45. The van der Waals surface area contributed by atoms with E-state index in [9.17, 15) is 15.0 Å². The molecule has 2 fully saturated rings. The van der Waals surface area contributed by atoms with Gasteiger partial charge in [-0.25, -0.2) is 9.78 Å². The topological polar surface area (TPSA) is 91.5 Å². The van der Waals surface area contributed by atoms with Crippen molar-refractivity contribution in [2.24, 2.45) is 11.8 Å². The Hall–Kier alpha value is -2.54. The first-order valence-corrected chi connectivity index (χ1v) is 8.80. The summed E-state index contributed by atoms with van der Waals surface area (Å²) in [5.41, 5.74) is 2.69. The highest BCUT2D eigenvalue weighted by atomic mass is 35.5. The van der Waals surface area contributed by atoms with Gasteiger partial charge in [0.1, 0.15) is 17.1 Å². The lowest BCUT2D eigenvalue weighted by Crippen LogP contribution is -2.23. The zero-order chi connectivity index (χ0) is 18.4. The summed E-state index contributed by atoms with van der Waals surface area (Å²) in [5, 5.41) is 22.8. The zero-order valence-corrected chi connectivity index (χ0v) is 16.1. The number of carbonyl (C=O) groups is 1. The van der Waals surface area contributed by atoms with E-state index in [1.807, 2.05) is 19.1 Å². The summed E-state index contributed by atoms with van der Waals surface area (Å²) >= 11 is 0. The normalized spacial score (nSPS) is 21.0. The van der Waals surface area contributed by atoms with Crippen molar-refractivity contribution in [1.29, 1.82) is 0 Å². The molecule has 0 amide bonds. The van der Waals surface area contributed by atoms with E-state index in [0.29, 0.717) is 12.1 Å². The van der Waals surface area contributed by atoms with Crippen molar-refractivity contribution < 1.29 is 15.0 Å². The maximum Gasteiger partial charge on any atom is 0.339 e. The number of pyridine rings is 1. The lowest BCUT2D eigenvalue weighted by atomic mass is 10.1. The number of aliphatic hydroxyl groups is 1. The number of nitrogens with zero attached hydrogens (tertiary/aromatic N) is 4. The number of aromatic carboxylic acids is 1. The van der Waals surface area contributed by atoms with Gasteiger partial charge in [-0.15, -0.1) is 12.4 Å². The molecule has 2 aromatic rings. The largest absolute Gasteiger partial charge is 0.515 e. The Balaban J connectivity index is 0.00000210. The van der Waals surface area contributed by atoms with Crippen LogP contribution in [0.25, 0.3) is 5.57 Å². The molecule has 1 saturated heterocycles. The number of hydrogen-bond acceptors (Lipinski definition) is 5. The van der Waals surface area contributed by atoms with E-state index in [4.69, 9.17) is 4.98 Å². The molecule has 7 nitrogen and oxygen atoms in total. The molecule has 3 heterocycles. The summed E-state index contributed by atoms with van der Waals surface area (Å²) < 4.78 is 1.58. The van der Waals surface area contributed by atoms with Crippen LogP contribution in [-0.4, -0.2) is 44.0 Å². The number of allylic oxidation sites excluding steroid dienone is 1. The van der Waals surface area contributed by atoms with Crippen LogP contribution in [-0.2, 0) is 6.54 Å². The molecule has 2 aromatic heterocycles. The van der Waals surface area contributed by atoms with Gasteiger partial charge in [0.2, 0.25) is 0 Å². The molecular weight excluding hydrogens is 368 g/mol. The Morgan fingerprint density at radius 2 is 2.04 bits per heavy atom. The minimum atomic E-state index is -1.06. The number of piperidine rings is 1. The van der Waals surface area contributed by atoms with Crippen molar-refractivity contribution in [2.75, 3.05) is 18.0 Å². The summed E-state index contributed by atoms with van der Waals surface area (Å²) in [6.07, 6.45) is 3.73. The molecule has 2 unspecified atom stereocenters. The Kier molecular flexibility index (Phi) is 5.15. The predicted molar refractivity (Wildman–Crippen MR) is 105 cm³/mol. The summed E-state index contributed by atoms with van der Waals surface area (Å²) in [4.78, 5) is 18.5. The Morgan fingerprint density at radius 3 is 2.63 bits per heavy atom. The second-order valence-electron chi connectivity index (χ2n) is 7.28. The predicted octanol–water partition coefficient (Wildman–Crippen LogP) is 3.13. The quantitative estimate of drug-likeness (QED) is 0.762. The summed E-state index contributed by atoms with van der Waals surface area (Å²) in [5.74, 6) is 1.67. The average Bonchev–Trinajstić information content (AvgIpc) is 3.04. The number of fused-ring (bicyclic) bond motifs is 1. The third-order valence-corrected chi connectivity index (χ3v) is 5.37. The summed E-state index contributed by atoms with van der Waals surface area (Å²) in [6.45, 7) is 6.24. The van der Waals surface area contributed by atoms with Crippen LogP contribution < -0.4 is 4.90 Å². The van der Waals surface area contributed by atoms with Crippen LogP contribution in [0.15, 0.2) is 24.6 Å². The fraction of sp³-hybridized carbons (Fsp3) is 0.421. The second-order valence-corrected chi connectivity index (χ2v) is 7.28. The Morgan fingerprint density at radius 1 is 1.33 bits per heavy atom. The number of anilines is 1. The van der Waals surface area contributed by atoms with Crippen molar-refractivity contribution in [3.63, 3.8) is 0 Å². The molecule has 144 valence electrons. The highest BCUT2D eigenvalue weighted by molar-refractivity contribution is 5.92. The van der Waals surface area contributed by atoms with Crippen molar-refractivity contribution in [2.45, 2.75) is 26.8 Å². The Labute approximate surface area is 163 Å². The van der Waals surface area contributed by atoms with Gasteiger partial charge in [0.25, 0.3) is 0 Å². The smallest absolute Gasteiger partial charge is 0.339 e. The van der Waals surface area contributed by atoms with Crippen molar-refractivity contribution >= 4 is 29.8 Å². The van der Waals surface area contributed by atoms with Gasteiger partial charge in [-0.2, -0.15) is 5.10 Å². The van der Waals surface area contributed by atoms with Gasteiger partial charge in [0.05, 0.1) is 12.8 Å². The molecule has 1 saturated carbocycles. The van der Waals surface area contributed by atoms with Crippen molar-refractivity contribution in [1.82, 2.24) is 14.8 Å². The molecule has 27 heavy (non-hydrogen) atoms. The van der Waals surface area contributed by atoms with Gasteiger partial charge in [-0.05, 0) is 43.7 Å². The molecule has 1 aliphatic heterocycles. The van der Waals surface area contributed by atoms with Gasteiger partial charge in [0.15, 0.2) is 0 Å². The molecule has 0 aromatic carbocycles. The van der Waals surface area contributed by atoms with Gasteiger partial charge >= 0.3 is 5.97 Å². The summed E-state index contributed by atoms with van der Waals surface area (Å²) in [7, 11) is 0. The first-order valence-electron chi connectivity index (χ1n) is 8.80. The Bertz CT molecular complexity index is 898. The van der Waals surface area contributed by atoms with Crippen LogP contribution in [0.5, 0.6) is 0 Å². The first kappa shape index (κ1) is 19.2. The average molecular weight is 391 g/mol. The zero-order valence-electron chi connectivity index (χ0n) is 15.3. The number of carboxylic acids is 1. The van der Waals surface area contributed by atoms with Crippen LogP contribution >= 0.6 is 12.4 Å². The van der Waals surface area contributed by atoms with Crippen molar-refractivity contribution in [3.8, 4) is 0 Å². The molecular formula is C19H23ClN4O3. The first-order chi connectivity index (χ1) is 12.5. The maximum absolute atomic E-state index is 11.4. The van der Waals surface area contributed by atoms with E-state index in [0.717, 1.165) is 48.3 Å². The fourth-order valence-corrected chi connectivity index (χ4v) is 3.69. The van der Waals surface area contributed by atoms with E-state index < -0.39 is 5.97 Å². The molecule has 2 N–H and O–H groups in total. The molecule has 2 aliphatic rings. The van der Waals surface area contributed by atoms with Gasteiger partial charge in [0, 0.05) is 30.6 Å². The number of halogens is 1. The van der Waals surface area contributed by atoms with Crippen LogP contribution in [0.3, 0.4) is 0 Å². The molecule has 8 heteroatoms. The minimum Gasteiger partial charge on any atom is -0.515 e. The van der Waals surface area contributed by atoms with E-state index in [1.54, 1.807) is 11.6 Å². The molecule has 0 bridgehead atoms. The standard InChI is InChI=1S/C19H22N4O3.ClH/c1-11(10-24)18-16(19(25)26)9-23(21-18)8-13-3-4-17(20-12(13)2)22-6-14-5-15(14)7-22;/h3-4,9-10,14-15,24H,5-8H2,1-2H3,(H,25,26);1H/b11-10+;. The molecule has 0 radical (unpaired) electrons. The van der Waals surface area contributed by atoms with E-state index >= 15 is 0 Å². The fourth-order valence-electron chi connectivity index (χ4n) is 3.69. The second kappa shape index (κ2) is 7.23. The van der Waals surface area contributed by atoms with Crippen LogP contribution in [0.1, 0.15) is 40.7 Å². The maximum atomic E-state index is 11.4. The van der Waals surface area contributed by atoms with Gasteiger partial charge in [-0.3, -0.25) is 4.68 Å². The third-order valence-electron chi connectivity index (χ3n) is 5.37. The number of carboxylic acid groups (broad SMARTS) is 1. The monoisotopic (exact) mass is 390 g/mol. The number of hydrogen-bond donors (Lipinski definition) is 2. The number of rotatable bonds is 5. The molecule has 4 rings (SSSR count). The lowest BCUT2D eigenvalue weighted by molar-refractivity contribution is 0.0696. The van der Waals surface area contributed by atoms with Crippen LogP contribution in [0.2, 0.25) is 0 Å². The summed E-state index contributed by atoms with van der Waals surface area (Å²) in [6, 6.07) is 4.08. The molecule has 0 spiro atoms. The lowest BCUT2D eigenvalue weighted by Gasteiger charge is -2.20. The van der Waals surface area contributed by atoms with Crippen molar-refractivity contribution in [3.05, 3.63) is 47.1 Å². The third kappa shape index (κ3) is 3.64. The molecule has 2 atom stereocenters. The highest BCUT2D eigenvalue weighted by Gasteiger charge is 2.45. The van der Waals surface area contributed by atoms with E-state index in [-0.39, 0.29) is 23.7 Å². The number of aryl methyl sites for hydroxylation is 1. The van der Waals surface area contributed by atoms with E-state index in [2.05, 4.69) is 10.00 Å². The number of aromatic nitrogens is 3. The minimum absolute atomic E-state index is 0. The van der Waals surface area contributed by atoms with Gasteiger partial charge in [-0.1, -0.05) is 6.07 Å². The van der Waals surface area contributed by atoms with Crippen LogP contribution in [0.4, 0.5) is 5.82 Å². The number of aliphatic hydroxyl groups excluding tert-OH is 1. The molecule has 1 aliphatic carbocycles.